The first-order valence-electron chi connectivity index (χ1n) is 10.7. The molecule has 0 aromatic heterocycles. The molecule has 0 saturated carbocycles. The summed E-state index contributed by atoms with van der Waals surface area (Å²) in [4.78, 5) is 12.3. The molecule has 5 unspecified atom stereocenters. The third-order valence-corrected chi connectivity index (χ3v) is 5.98. The summed E-state index contributed by atoms with van der Waals surface area (Å²) in [6.45, 7) is 0.432. The summed E-state index contributed by atoms with van der Waals surface area (Å²) < 4.78 is 0. The van der Waals surface area contributed by atoms with E-state index in [1.165, 1.54) is 0 Å². The van der Waals surface area contributed by atoms with E-state index in [0.717, 1.165) is 36.1 Å². The predicted octanol–water partition coefficient (Wildman–Crippen LogP) is 1.04. The van der Waals surface area contributed by atoms with Crippen molar-refractivity contribution in [1.29, 1.82) is 0 Å². The molecule has 2 aliphatic rings. The van der Waals surface area contributed by atoms with Crippen molar-refractivity contribution in [3.63, 3.8) is 0 Å². The molecule has 1 aromatic carbocycles. The van der Waals surface area contributed by atoms with Crippen molar-refractivity contribution in [2.45, 2.75) is 88.9 Å². The molecule has 7 N–H and O–H groups in total. The maximum absolute atomic E-state index is 10.8. The summed E-state index contributed by atoms with van der Waals surface area (Å²) >= 11 is 0. The van der Waals surface area contributed by atoms with Crippen molar-refractivity contribution in [1.82, 2.24) is 10.2 Å². The normalized spacial score (nSPS) is 27.6. The van der Waals surface area contributed by atoms with Crippen molar-refractivity contribution >= 4 is 11.7 Å². The van der Waals surface area contributed by atoms with E-state index >= 15 is 0 Å². The van der Waals surface area contributed by atoms with Crippen LogP contribution in [0, 0.1) is 0 Å². The van der Waals surface area contributed by atoms with Gasteiger partial charge in [0.25, 0.3) is 0 Å². The third-order valence-electron chi connectivity index (χ3n) is 5.98. The number of fused-ring (bicyclic) bond motifs is 1. The minimum atomic E-state index is -0.930. The number of unbranched alkanes of at least 4 members (excludes halogenated alkanes) is 3. The number of carboxylic acids is 1. The Morgan fingerprint density at radius 1 is 1.17 bits per heavy atom. The van der Waals surface area contributed by atoms with Gasteiger partial charge in [-0.2, -0.15) is 0 Å². The zero-order chi connectivity index (χ0) is 21.7. The molecule has 0 radical (unpaired) electrons. The Kier molecular flexibility index (Phi) is 8.04. The van der Waals surface area contributed by atoms with E-state index in [1.54, 1.807) is 0 Å². The number of hydrogen-bond acceptors (Lipinski definition) is 8. The molecule has 5 atom stereocenters. The molecule has 0 amide bonds. The van der Waals surface area contributed by atoms with Crippen LogP contribution in [-0.4, -0.2) is 61.1 Å². The average molecular weight is 424 g/mol. The monoisotopic (exact) mass is 423 g/mol. The molecule has 30 heavy (non-hydrogen) atoms. The van der Waals surface area contributed by atoms with Crippen LogP contribution in [0.25, 0.3) is 0 Å². The van der Waals surface area contributed by atoms with E-state index in [2.05, 4.69) is 10.6 Å². The lowest BCUT2D eigenvalue weighted by Crippen LogP contribution is -2.56. The maximum Gasteiger partial charge on any atom is 0.303 e. The molecule has 1 aromatic rings. The molecule has 9 nitrogen and oxygen atoms in total. The van der Waals surface area contributed by atoms with Crippen LogP contribution in [0.4, 0.5) is 5.69 Å². The number of hydrogen-bond donors (Lipinski definition) is 7. The topological polar surface area (TPSA) is 146 Å². The number of benzene rings is 1. The second kappa shape index (κ2) is 10.5. The Labute approximate surface area is 176 Å². The van der Waals surface area contributed by atoms with E-state index < -0.39 is 30.9 Å². The van der Waals surface area contributed by atoms with Gasteiger partial charge in [-0.25, -0.2) is 0 Å². The minimum Gasteiger partial charge on any atom is -0.481 e. The molecular formula is C21H33N3O6. The van der Waals surface area contributed by atoms with Gasteiger partial charge in [-0.3, -0.25) is 15.0 Å². The number of nitrogens with one attached hydrogen (secondary N) is 2. The Morgan fingerprint density at radius 3 is 2.67 bits per heavy atom. The summed E-state index contributed by atoms with van der Waals surface area (Å²) in [5.74, 6) is -0.779. The molecule has 0 bridgehead atoms. The van der Waals surface area contributed by atoms with Gasteiger partial charge in [-0.05, 0) is 43.7 Å². The second-order valence-corrected chi connectivity index (χ2v) is 8.20. The van der Waals surface area contributed by atoms with E-state index in [1.807, 2.05) is 23.1 Å². The number of piperidine rings is 1. The van der Waals surface area contributed by atoms with E-state index in [0.29, 0.717) is 32.2 Å². The number of carboxylic acid groups (broad SMARTS) is 1. The third kappa shape index (κ3) is 5.69. The maximum atomic E-state index is 10.8. The molecule has 2 aliphatic heterocycles. The van der Waals surface area contributed by atoms with E-state index in [4.69, 9.17) is 5.11 Å². The number of carbonyl (C=O) groups is 1. The van der Waals surface area contributed by atoms with Crippen molar-refractivity contribution < 1.29 is 30.3 Å². The van der Waals surface area contributed by atoms with Crippen molar-refractivity contribution in [2.75, 3.05) is 5.32 Å². The number of rotatable bonds is 10. The smallest absolute Gasteiger partial charge is 0.303 e. The largest absolute Gasteiger partial charge is 0.481 e. The molecule has 168 valence electrons. The number of aliphatic hydroxyl groups excluding tert-OH is 4. The molecule has 2 heterocycles. The van der Waals surface area contributed by atoms with Crippen LogP contribution in [-0.2, 0) is 11.3 Å². The predicted molar refractivity (Wildman–Crippen MR) is 110 cm³/mol. The molecule has 3 rings (SSSR count). The van der Waals surface area contributed by atoms with Gasteiger partial charge in [0, 0.05) is 24.2 Å². The van der Waals surface area contributed by atoms with Gasteiger partial charge in [-0.15, -0.1) is 0 Å². The fourth-order valence-corrected chi connectivity index (χ4v) is 4.35. The van der Waals surface area contributed by atoms with Gasteiger partial charge in [0.05, 0.1) is 6.04 Å². The van der Waals surface area contributed by atoms with Gasteiger partial charge >= 0.3 is 5.97 Å². The molecule has 1 saturated heterocycles. The number of aliphatic carboxylic acids is 1. The zero-order valence-electron chi connectivity index (χ0n) is 17.1. The lowest BCUT2D eigenvalue weighted by molar-refractivity contribution is -0.137. The van der Waals surface area contributed by atoms with Crippen LogP contribution < -0.4 is 10.6 Å². The molecule has 0 aliphatic carbocycles. The van der Waals surface area contributed by atoms with E-state index in [9.17, 15) is 25.2 Å². The van der Waals surface area contributed by atoms with Crippen LogP contribution >= 0.6 is 0 Å². The zero-order valence-corrected chi connectivity index (χ0v) is 17.1. The first-order chi connectivity index (χ1) is 14.4. The number of aliphatic hydroxyl groups is 4. The van der Waals surface area contributed by atoms with Crippen LogP contribution in [0.15, 0.2) is 18.2 Å². The highest BCUT2D eigenvalue weighted by atomic mass is 16.4. The van der Waals surface area contributed by atoms with E-state index in [-0.39, 0.29) is 12.5 Å². The highest BCUT2D eigenvalue weighted by Crippen LogP contribution is 2.39. The molecular weight excluding hydrogens is 390 g/mol. The average Bonchev–Trinajstić information content (AvgIpc) is 3.02. The van der Waals surface area contributed by atoms with Gasteiger partial charge in [0.1, 0.15) is 24.9 Å². The Hall–Kier alpha value is -1.75. The summed E-state index contributed by atoms with van der Waals surface area (Å²) in [6, 6.07) is 5.22. The van der Waals surface area contributed by atoms with Gasteiger partial charge in [-0.1, -0.05) is 25.0 Å². The molecule has 1 fully saturated rings. The van der Waals surface area contributed by atoms with Crippen LogP contribution in [0.1, 0.15) is 68.7 Å². The van der Waals surface area contributed by atoms with Crippen molar-refractivity contribution in [3.8, 4) is 0 Å². The second-order valence-electron chi connectivity index (χ2n) is 8.20. The Bertz CT molecular complexity index is 718. The van der Waals surface area contributed by atoms with Gasteiger partial charge < -0.3 is 30.8 Å². The van der Waals surface area contributed by atoms with Gasteiger partial charge in [0.2, 0.25) is 0 Å². The number of anilines is 1. The highest BCUT2D eigenvalue weighted by molar-refractivity contribution is 5.66. The summed E-state index contributed by atoms with van der Waals surface area (Å²) in [5.41, 5.74) is 2.40. The molecule has 0 spiro atoms. The Balaban J connectivity index is 1.54. The van der Waals surface area contributed by atoms with Crippen LogP contribution in [0.3, 0.4) is 0 Å². The van der Waals surface area contributed by atoms with Crippen molar-refractivity contribution in [3.05, 3.63) is 29.3 Å². The van der Waals surface area contributed by atoms with Gasteiger partial charge in [0.15, 0.2) is 0 Å². The quantitative estimate of drug-likeness (QED) is 0.217. The highest BCUT2D eigenvalue weighted by Gasteiger charge is 2.40. The first kappa shape index (κ1) is 22.9. The number of nitrogens with zero attached hydrogens (tertiary/aromatic N) is 1. The SMILES string of the molecule is O=C(O)CCCCCCC(O)Nc1cccc2c1CN(C1CCC(O)NC1O)C2O. The lowest BCUT2D eigenvalue weighted by Gasteiger charge is -2.39. The first-order valence-corrected chi connectivity index (χ1v) is 10.7. The van der Waals surface area contributed by atoms with Crippen molar-refractivity contribution in [2.24, 2.45) is 0 Å². The fourth-order valence-electron chi connectivity index (χ4n) is 4.35. The summed E-state index contributed by atoms with van der Waals surface area (Å²) in [7, 11) is 0. The minimum absolute atomic E-state index is 0.181. The standard InChI is InChI=1S/C21H33N3O6/c25-17(8-3-1-2-4-9-19(27)28)22-15-7-5-6-13-14(15)12-24(21(13)30)16-10-11-18(26)23-20(16)29/h5-7,16-18,20-23,25-26,29-30H,1-4,8-12H2,(H,27,28). The lowest BCUT2D eigenvalue weighted by atomic mass is 10.0. The van der Waals surface area contributed by atoms with Crippen LogP contribution in [0.2, 0.25) is 0 Å². The summed E-state index contributed by atoms with van der Waals surface area (Å²) in [5, 5.41) is 55.6. The molecule has 9 heteroatoms. The Morgan fingerprint density at radius 2 is 1.93 bits per heavy atom. The van der Waals surface area contributed by atoms with Crippen LogP contribution in [0.5, 0.6) is 0 Å². The summed E-state index contributed by atoms with van der Waals surface area (Å²) in [6.07, 6.45) is 1.66. The fraction of sp³-hybridized carbons (Fsp3) is 0.667.